The molecule has 0 bridgehead atoms. The van der Waals surface area contributed by atoms with E-state index >= 15 is 0 Å². The molecule has 5 nitrogen and oxygen atoms in total. The molecule has 0 aliphatic rings. The molecular weight excluding hydrogens is 340 g/mol. The van der Waals surface area contributed by atoms with Crippen molar-refractivity contribution in [3.63, 3.8) is 0 Å². The number of hydrogen-bond acceptors (Lipinski definition) is 4. The van der Waals surface area contributed by atoms with Gasteiger partial charge in [0.15, 0.2) is 0 Å². The fourth-order valence-corrected chi connectivity index (χ4v) is 2.30. The largest absolute Gasteiger partial charge is 0.351 e. The second-order valence-corrected chi connectivity index (χ2v) is 6.79. The van der Waals surface area contributed by atoms with Crippen LogP contribution in [0.25, 0.3) is 0 Å². The number of amides is 1. The number of thiol groups is 1. The zero-order chi connectivity index (χ0) is 13.8. The molecule has 1 rings (SSSR count). The van der Waals surface area contributed by atoms with Crippen LogP contribution >= 0.6 is 28.6 Å². The molecule has 0 fully saturated rings. The van der Waals surface area contributed by atoms with Crippen LogP contribution in [0.4, 0.5) is 0 Å². The third-order valence-electron chi connectivity index (χ3n) is 1.97. The van der Waals surface area contributed by atoms with Gasteiger partial charge in [0.1, 0.15) is 0 Å². The molecule has 0 saturated heterocycles. The number of sulfonamides is 1. The number of hydrogen-bond donors (Lipinski definition) is 3. The first kappa shape index (κ1) is 15.5. The molecule has 2 N–H and O–H groups in total. The summed E-state index contributed by atoms with van der Waals surface area (Å²) in [4.78, 5) is 12.5. The quantitative estimate of drug-likeness (QED) is 0.547. The Kier molecular flexibility index (Phi) is 5.64. The molecule has 0 aliphatic heterocycles. The Balaban J connectivity index is 2.53. The van der Waals surface area contributed by atoms with E-state index in [1.807, 2.05) is 0 Å². The summed E-state index contributed by atoms with van der Waals surface area (Å²) < 4.78 is 24.6. The van der Waals surface area contributed by atoms with Crippen LogP contribution < -0.4 is 10.0 Å². The van der Waals surface area contributed by atoms with Gasteiger partial charge in [0.25, 0.3) is 5.91 Å². The monoisotopic (exact) mass is 352 g/mol. The number of benzene rings is 1. The molecule has 0 atom stereocenters. The topological polar surface area (TPSA) is 75.3 Å². The van der Waals surface area contributed by atoms with Crippen LogP contribution in [0.15, 0.2) is 27.6 Å². The summed E-state index contributed by atoms with van der Waals surface area (Å²) in [7, 11) is -3.22. The summed E-state index contributed by atoms with van der Waals surface area (Å²) in [6.45, 7) is 0.373. The van der Waals surface area contributed by atoms with Crippen molar-refractivity contribution in [2.45, 2.75) is 4.90 Å². The van der Waals surface area contributed by atoms with E-state index in [9.17, 15) is 13.2 Å². The van der Waals surface area contributed by atoms with E-state index in [1.165, 1.54) is 0 Å². The molecule has 0 saturated carbocycles. The molecule has 0 aromatic heterocycles. The predicted octanol–water partition coefficient (Wildman–Crippen LogP) is 1.02. The zero-order valence-corrected chi connectivity index (χ0v) is 12.9. The summed E-state index contributed by atoms with van der Waals surface area (Å²) >= 11 is 7.42. The van der Waals surface area contributed by atoms with E-state index in [0.29, 0.717) is 14.9 Å². The zero-order valence-electron chi connectivity index (χ0n) is 9.60. The van der Waals surface area contributed by atoms with Crippen LogP contribution in [0.5, 0.6) is 0 Å². The van der Waals surface area contributed by atoms with Gasteiger partial charge >= 0.3 is 0 Å². The first-order chi connectivity index (χ1) is 8.29. The summed E-state index contributed by atoms with van der Waals surface area (Å²) in [6.07, 6.45) is 1.07. The lowest BCUT2D eigenvalue weighted by molar-refractivity contribution is 0.0953. The maximum Gasteiger partial charge on any atom is 0.252 e. The molecule has 0 radical (unpaired) electrons. The van der Waals surface area contributed by atoms with Crippen molar-refractivity contribution in [3.8, 4) is 0 Å². The lowest BCUT2D eigenvalue weighted by Crippen LogP contribution is -2.34. The SMILES string of the molecule is CS(=O)(=O)NCCNC(=O)c1cc(S)ccc1Br. The lowest BCUT2D eigenvalue weighted by Gasteiger charge is -2.07. The van der Waals surface area contributed by atoms with Crippen LogP contribution in [0, 0.1) is 0 Å². The van der Waals surface area contributed by atoms with Gasteiger partial charge in [-0.1, -0.05) is 0 Å². The number of halogens is 1. The van der Waals surface area contributed by atoms with Crippen molar-refractivity contribution in [2.24, 2.45) is 0 Å². The Morgan fingerprint density at radius 3 is 2.67 bits per heavy atom. The molecule has 0 unspecified atom stereocenters. The van der Waals surface area contributed by atoms with Crippen molar-refractivity contribution in [1.82, 2.24) is 10.0 Å². The van der Waals surface area contributed by atoms with E-state index < -0.39 is 10.0 Å². The van der Waals surface area contributed by atoms with Gasteiger partial charge in [-0.15, -0.1) is 12.6 Å². The fourth-order valence-electron chi connectivity index (χ4n) is 1.19. The third kappa shape index (κ3) is 5.38. The molecule has 1 aromatic carbocycles. The van der Waals surface area contributed by atoms with Gasteiger partial charge in [-0.2, -0.15) is 0 Å². The first-order valence-corrected chi connectivity index (χ1v) is 8.14. The minimum absolute atomic E-state index is 0.156. The van der Waals surface area contributed by atoms with Crippen molar-refractivity contribution in [1.29, 1.82) is 0 Å². The summed E-state index contributed by atoms with van der Waals surface area (Å²) in [5.41, 5.74) is 0.460. The lowest BCUT2D eigenvalue weighted by atomic mass is 10.2. The normalized spacial score (nSPS) is 11.3. The Morgan fingerprint density at radius 1 is 1.39 bits per heavy atom. The van der Waals surface area contributed by atoms with Crippen LogP contribution in [0.3, 0.4) is 0 Å². The van der Waals surface area contributed by atoms with E-state index in [4.69, 9.17) is 0 Å². The minimum atomic E-state index is -3.22. The molecule has 8 heteroatoms. The first-order valence-electron chi connectivity index (χ1n) is 5.01. The van der Waals surface area contributed by atoms with Crippen LogP contribution in [-0.2, 0) is 10.0 Å². The van der Waals surface area contributed by atoms with Gasteiger partial charge in [-0.25, -0.2) is 13.1 Å². The van der Waals surface area contributed by atoms with Crippen molar-refractivity contribution in [2.75, 3.05) is 19.3 Å². The molecule has 0 spiro atoms. The van der Waals surface area contributed by atoms with Gasteiger partial charge in [-0.3, -0.25) is 4.79 Å². The highest BCUT2D eigenvalue weighted by Gasteiger charge is 2.09. The number of rotatable bonds is 5. The average Bonchev–Trinajstić information content (AvgIpc) is 2.26. The molecular formula is C10H13BrN2O3S2. The highest BCUT2D eigenvalue weighted by molar-refractivity contribution is 9.10. The van der Waals surface area contributed by atoms with Crippen LogP contribution in [0.1, 0.15) is 10.4 Å². The van der Waals surface area contributed by atoms with Gasteiger partial charge in [0.05, 0.1) is 11.8 Å². The second kappa shape index (κ2) is 6.55. The van der Waals surface area contributed by atoms with Gasteiger partial charge in [-0.05, 0) is 34.1 Å². The minimum Gasteiger partial charge on any atom is -0.351 e. The summed E-state index contributed by atoms with van der Waals surface area (Å²) in [5, 5.41) is 2.61. The second-order valence-electron chi connectivity index (χ2n) is 3.59. The van der Waals surface area contributed by atoms with Gasteiger partial charge in [0, 0.05) is 22.5 Å². The third-order valence-corrected chi connectivity index (χ3v) is 3.67. The molecule has 0 heterocycles. The van der Waals surface area contributed by atoms with Crippen LogP contribution in [0.2, 0.25) is 0 Å². The van der Waals surface area contributed by atoms with E-state index in [1.54, 1.807) is 18.2 Å². The van der Waals surface area contributed by atoms with Gasteiger partial charge in [0.2, 0.25) is 10.0 Å². The average molecular weight is 353 g/mol. The van der Waals surface area contributed by atoms with Gasteiger partial charge < -0.3 is 5.32 Å². The summed E-state index contributed by atoms with van der Waals surface area (Å²) in [6, 6.07) is 5.12. The number of carbonyl (C=O) groups excluding carboxylic acids is 1. The summed E-state index contributed by atoms with van der Waals surface area (Å²) in [5.74, 6) is -0.284. The Hall–Kier alpha value is -0.570. The smallest absolute Gasteiger partial charge is 0.252 e. The maximum absolute atomic E-state index is 11.8. The molecule has 100 valence electrons. The Morgan fingerprint density at radius 2 is 2.06 bits per heavy atom. The number of carbonyl (C=O) groups is 1. The Bertz CT molecular complexity index is 546. The predicted molar refractivity (Wildman–Crippen MR) is 76.6 cm³/mol. The highest BCUT2D eigenvalue weighted by atomic mass is 79.9. The van der Waals surface area contributed by atoms with E-state index in [2.05, 4.69) is 38.6 Å². The Labute approximate surface area is 120 Å². The standard InChI is InChI=1S/C10H13BrN2O3S2/c1-18(15,16)13-5-4-12-10(14)8-6-7(17)2-3-9(8)11/h2-3,6,13,17H,4-5H2,1H3,(H,12,14). The fraction of sp³-hybridized carbons (Fsp3) is 0.300. The van der Waals surface area contributed by atoms with E-state index in [-0.39, 0.29) is 19.0 Å². The molecule has 18 heavy (non-hydrogen) atoms. The molecule has 1 aromatic rings. The maximum atomic E-state index is 11.8. The van der Waals surface area contributed by atoms with Crippen LogP contribution in [-0.4, -0.2) is 33.7 Å². The highest BCUT2D eigenvalue weighted by Crippen LogP contribution is 2.19. The molecule has 0 aliphatic carbocycles. The van der Waals surface area contributed by atoms with Crippen molar-refractivity contribution in [3.05, 3.63) is 28.2 Å². The number of nitrogens with one attached hydrogen (secondary N) is 2. The molecule has 1 amide bonds. The van der Waals surface area contributed by atoms with Crippen molar-refractivity contribution >= 4 is 44.5 Å². The van der Waals surface area contributed by atoms with Crippen molar-refractivity contribution < 1.29 is 13.2 Å². The van der Waals surface area contributed by atoms with E-state index in [0.717, 1.165) is 6.26 Å².